The molecule has 0 fully saturated rings. The molecule has 0 saturated carbocycles. The van der Waals surface area contributed by atoms with E-state index in [1.165, 1.54) is 11.3 Å². The zero-order valence-electron chi connectivity index (χ0n) is 7.40. The number of benzene rings is 1. The van der Waals surface area contributed by atoms with Crippen LogP contribution in [0.5, 0.6) is 10.9 Å². The average molecular weight is 271 g/mol. The van der Waals surface area contributed by atoms with E-state index in [9.17, 15) is 0 Å². The minimum Gasteiger partial charge on any atom is -0.430 e. The number of aromatic nitrogens is 2. The van der Waals surface area contributed by atoms with Crippen molar-refractivity contribution < 1.29 is 4.74 Å². The Morgan fingerprint density at radius 3 is 2.93 bits per heavy atom. The van der Waals surface area contributed by atoms with Gasteiger partial charge in [-0.25, -0.2) is 0 Å². The smallest absolute Gasteiger partial charge is 0.299 e. The summed E-state index contributed by atoms with van der Waals surface area (Å²) >= 11 is 4.80. The first-order chi connectivity index (χ1) is 6.75. The van der Waals surface area contributed by atoms with Crippen molar-refractivity contribution >= 4 is 27.3 Å². The number of rotatable bonds is 2. The van der Waals surface area contributed by atoms with E-state index >= 15 is 0 Å². The van der Waals surface area contributed by atoms with E-state index in [1.807, 2.05) is 25.1 Å². The molecule has 14 heavy (non-hydrogen) atoms. The minimum atomic E-state index is 0.562. The molecule has 1 heterocycles. The molecule has 0 amide bonds. The van der Waals surface area contributed by atoms with E-state index in [1.54, 1.807) is 5.51 Å². The standard InChI is InChI=1S/C9H7BrN2OS/c1-6-4-7(2-3-8(6)10)13-9-12-11-5-14-9/h2-5H,1H3. The summed E-state index contributed by atoms with van der Waals surface area (Å²) in [6.45, 7) is 2.01. The van der Waals surface area contributed by atoms with Crippen molar-refractivity contribution in [3.8, 4) is 10.9 Å². The molecular weight excluding hydrogens is 264 g/mol. The predicted molar refractivity (Wildman–Crippen MR) is 58.9 cm³/mol. The van der Waals surface area contributed by atoms with Crippen LogP contribution in [0.2, 0.25) is 0 Å². The second-order valence-electron chi connectivity index (χ2n) is 2.72. The zero-order chi connectivity index (χ0) is 9.97. The quantitative estimate of drug-likeness (QED) is 0.839. The summed E-state index contributed by atoms with van der Waals surface area (Å²) in [6, 6.07) is 5.79. The highest BCUT2D eigenvalue weighted by Gasteiger charge is 2.01. The fourth-order valence-electron chi connectivity index (χ4n) is 0.989. The summed E-state index contributed by atoms with van der Waals surface area (Å²) in [5.41, 5.74) is 2.77. The van der Waals surface area contributed by atoms with Gasteiger partial charge < -0.3 is 4.74 Å². The first-order valence-electron chi connectivity index (χ1n) is 3.96. The van der Waals surface area contributed by atoms with Crippen molar-refractivity contribution in [2.75, 3.05) is 0 Å². The molecule has 0 aliphatic heterocycles. The molecule has 0 aliphatic rings. The van der Waals surface area contributed by atoms with Gasteiger partial charge in [0.05, 0.1) is 0 Å². The van der Waals surface area contributed by atoms with Gasteiger partial charge in [0.2, 0.25) is 0 Å². The maximum Gasteiger partial charge on any atom is 0.299 e. The van der Waals surface area contributed by atoms with Gasteiger partial charge in [0, 0.05) is 4.47 Å². The molecule has 1 aromatic carbocycles. The Morgan fingerprint density at radius 1 is 1.43 bits per heavy atom. The van der Waals surface area contributed by atoms with Gasteiger partial charge in [0.25, 0.3) is 5.19 Å². The molecule has 3 nitrogen and oxygen atoms in total. The van der Waals surface area contributed by atoms with Gasteiger partial charge >= 0.3 is 0 Å². The lowest BCUT2D eigenvalue weighted by Gasteiger charge is -2.03. The molecule has 0 spiro atoms. The molecule has 1 aromatic heterocycles. The predicted octanol–water partition coefficient (Wildman–Crippen LogP) is 3.40. The fourth-order valence-corrected chi connectivity index (χ4v) is 1.66. The van der Waals surface area contributed by atoms with Crippen molar-refractivity contribution in [1.29, 1.82) is 0 Å². The summed E-state index contributed by atoms with van der Waals surface area (Å²) in [5.74, 6) is 0.780. The van der Waals surface area contributed by atoms with Crippen LogP contribution in [0.15, 0.2) is 28.2 Å². The summed E-state index contributed by atoms with van der Waals surface area (Å²) in [5, 5.41) is 8.05. The molecule has 5 heteroatoms. The maximum atomic E-state index is 5.48. The third-order valence-electron chi connectivity index (χ3n) is 1.67. The van der Waals surface area contributed by atoms with Gasteiger partial charge in [-0.15, -0.1) is 5.10 Å². The SMILES string of the molecule is Cc1cc(Oc2nncs2)ccc1Br. The normalized spacial score (nSPS) is 10.1. The molecule has 0 bridgehead atoms. The molecule has 72 valence electrons. The molecular formula is C9H7BrN2OS. The average Bonchev–Trinajstić information content (AvgIpc) is 2.64. The maximum absolute atomic E-state index is 5.48. The van der Waals surface area contributed by atoms with E-state index in [4.69, 9.17) is 4.74 Å². The van der Waals surface area contributed by atoms with Crippen LogP contribution in [0.4, 0.5) is 0 Å². The van der Waals surface area contributed by atoms with Gasteiger partial charge in [-0.1, -0.05) is 32.4 Å². The summed E-state index contributed by atoms with van der Waals surface area (Å²) in [4.78, 5) is 0. The van der Waals surface area contributed by atoms with Crippen LogP contribution in [0.3, 0.4) is 0 Å². The van der Waals surface area contributed by atoms with Crippen LogP contribution >= 0.6 is 27.3 Å². The Hall–Kier alpha value is -0.940. The molecule has 0 radical (unpaired) electrons. The van der Waals surface area contributed by atoms with Crippen LogP contribution in [0, 0.1) is 6.92 Å². The first-order valence-corrected chi connectivity index (χ1v) is 5.63. The second kappa shape index (κ2) is 4.06. The third kappa shape index (κ3) is 2.10. The van der Waals surface area contributed by atoms with Crippen LogP contribution in [-0.2, 0) is 0 Å². The van der Waals surface area contributed by atoms with Crippen molar-refractivity contribution in [2.45, 2.75) is 6.92 Å². The number of halogens is 1. The molecule has 0 N–H and O–H groups in total. The van der Waals surface area contributed by atoms with Crippen molar-refractivity contribution in [3.63, 3.8) is 0 Å². The molecule has 0 atom stereocenters. The topological polar surface area (TPSA) is 35.0 Å². The lowest BCUT2D eigenvalue weighted by Crippen LogP contribution is -1.84. The Balaban J connectivity index is 2.22. The largest absolute Gasteiger partial charge is 0.430 e. The summed E-state index contributed by atoms with van der Waals surface area (Å²) < 4.78 is 6.55. The van der Waals surface area contributed by atoms with Gasteiger partial charge in [-0.2, -0.15) is 0 Å². The Kier molecular flexibility index (Phi) is 2.79. The fraction of sp³-hybridized carbons (Fsp3) is 0.111. The highest BCUT2D eigenvalue weighted by molar-refractivity contribution is 9.10. The summed E-state index contributed by atoms with van der Waals surface area (Å²) in [6.07, 6.45) is 0. The van der Waals surface area contributed by atoms with Gasteiger partial charge in [-0.05, 0) is 30.7 Å². The van der Waals surface area contributed by atoms with Gasteiger partial charge in [0.1, 0.15) is 11.3 Å². The van der Waals surface area contributed by atoms with Crippen LogP contribution in [0.1, 0.15) is 5.56 Å². The van der Waals surface area contributed by atoms with E-state index in [-0.39, 0.29) is 0 Å². The van der Waals surface area contributed by atoms with Crippen LogP contribution in [0.25, 0.3) is 0 Å². The second-order valence-corrected chi connectivity index (χ2v) is 4.37. The Labute approximate surface area is 93.9 Å². The van der Waals surface area contributed by atoms with E-state index in [0.29, 0.717) is 5.19 Å². The number of nitrogens with zero attached hydrogens (tertiary/aromatic N) is 2. The minimum absolute atomic E-state index is 0.562. The lowest BCUT2D eigenvalue weighted by atomic mass is 10.2. The molecule has 0 unspecified atom stereocenters. The molecule has 2 aromatic rings. The molecule has 0 saturated heterocycles. The molecule has 0 aliphatic carbocycles. The van der Waals surface area contributed by atoms with Crippen molar-refractivity contribution in [1.82, 2.24) is 10.2 Å². The van der Waals surface area contributed by atoms with Crippen LogP contribution in [-0.4, -0.2) is 10.2 Å². The third-order valence-corrected chi connectivity index (χ3v) is 3.13. The molecule has 2 rings (SSSR count). The number of ether oxygens (including phenoxy) is 1. The highest BCUT2D eigenvalue weighted by Crippen LogP contribution is 2.26. The van der Waals surface area contributed by atoms with Crippen LogP contribution < -0.4 is 4.74 Å². The number of aryl methyl sites for hydroxylation is 1. The van der Waals surface area contributed by atoms with E-state index in [2.05, 4.69) is 26.1 Å². The first kappa shape index (κ1) is 9.61. The van der Waals surface area contributed by atoms with Crippen molar-refractivity contribution in [2.24, 2.45) is 0 Å². The Bertz CT molecular complexity index is 430. The number of hydrogen-bond donors (Lipinski definition) is 0. The van der Waals surface area contributed by atoms with Gasteiger partial charge in [0.15, 0.2) is 0 Å². The van der Waals surface area contributed by atoms with Crippen molar-refractivity contribution in [3.05, 3.63) is 33.7 Å². The number of hydrogen-bond acceptors (Lipinski definition) is 4. The highest BCUT2D eigenvalue weighted by atomic mass is 79.9. The van der Waals surface area contributed by atoms with Gasteiger partial charge in [-0.3, -0.25) is 0 Å². The Morgan fingerprint density at radius 2 is 2.29 bits per heavy atom. The zero-order valence-corrected chi connectivity index (χ0v) is 9.80. The van der Waals surface area contributed by atoms with E-state index < -0.39 is 0 Å². The van der Waals surface area contributed by atoms with E-state index in [0.717, 1.165) is 15.8 Å². The lowest BCUT2D eigenvalue weighted by molar-refractivity contribution is 0.473. The summed E-state index contributed by atoms with van der Waals surface area (Å²) in [7, 11) is 0. The monoisotopic (exact) mass is 270 g/mol.